The molecule has 0 atom stereocenters. The molecule has 5 nitrogen and oxygen atoms in total. The third-order valence-electron chi connectivity index (χ3n) is 3.94. The van der Waals surface area contributed by atoms with Crippen LogP contribution in [0.1, 0.15) is 15.9 Å². The number of nitrogens with one attached hydrogen (secondary N) is 2. The van der Waals surface area contributed by atoms with E-state index in [-0.39, 0.29) is 5.91 Å². The van der Waals surface area contributed by atoms with Gasteiger partial charge in [-0.1, -0.05) is 30.3 Å². The fourth-order valence-electron chi connectivity index (χ4n) is 2.49. The van der Waals surface area contributed by atoms with Crippen molar-refractivity contribution in [2.45, 2.75) is 6.42 Å². The van der Waals surface area contributed by atoms with Crippen LogP contribution in [0.3, 0.4) is 0 Å². The summed E-state index contributed by atoms with van der Waals surface area (Å²) in [6.45, 7) is 0.786. The van der Waals surface area contributed by atoms with Gasteiger partial charge in [-0.3, -0.25) is 4.79 Å². The van der Waals surface area contributed by atoms with Crippen molar-refractivity contribution in [3.63, 3.8) is 0 Å². The Balaban J connectivity index is 1.52. The molecule has 2 N–H and O–H groups in total. The lowest BCUT2D eigenvalue weighted by Crippen LogP contribution is -2.13. The minimum absolute atomic E-state index is 0.196. The summed E-state index contributed by atoms with van der Waals surface area (Å²) in [5.74, 6) is 1.30. The minimum Gasteiger partial charge on any atom is -0.497 e. The second kappa shape index (κ2) is 8.67. The summed E-state index contributed by atoms with van der Waals surface area (Å²) in [7, 11) is 1.61. The molecule has 5 heteroatoms. The summed E-state index contributed by atoms with van der Waals surface area (Å²) < 4.78 is 5.10. The maximum Gasteiger partial charge on any atom is 0.257 e. The average Bonchev–Trinajstić information content (AvgIpc) is 2.70. The van der Waals surface area contributed by atoms with Crippen LogP contribution in [0.15, 0.2) is 72.9 Å². The predicted molar refractivity (Wildman–Crippen MR) is 104 cm³/mol. The van der Waals surface area contributed by atoms with Gasteiger partial charge in [0.1, 0.15) is 11.6 Å². The number of methoxy groups -OCH3 is 1. The molecule has 3 rings (SSSR count). The number of hydrogen-bond acceptors (Lipinski definition) is 4. The molecule has 0 bridgehead atoms. The zero-order valence-corrected chi connectivity index (χ0v) is 14.6. The van der Waals surface area contributed by atoms with Gasteiger partial charge in [-0.2, -0.15) is 0 Å². The van der Waals surface area contributed by atoms with Crippen LogP contribution in [-0.4, -0.2) is 24.5 Å². The Morgan fingerprint density at radius 2 is 1.77 bits per heavy atom. The number of anilines is 2. The zero-order valence-electron chi connectivity index (χ0n) is 14.6. The number of aromatic nitrogens is 1. The topological polar surface area (TPSA) is 63.2 Å². The molecule has 0 fully saturated rings. The molecule has 2 aromatic carbocycles. The van der Waals surface area contributed by atoms with Crippen LogP contribution in [0.2, 0.25) is 0 Å². The highest BCUT2D eigenvalue weighted by atomic mass is 16.5. The summed E-state index contributed by atoms with van der Waals surface area (Å²) in [6.07, 6.45) is 2.49. The van der Waals surface area contributed by atoms with Crippen molar-refractivity contribution in [2.24, 2.45) is 0 Å². The van der Waals surface area contributed by atoms with E-state index in [9.17, 15) is 4.79 Å². The van der Waals surface area contributed by atoms with E-state index in [0.29, 0.717) is 11.3 Å². The molecule has 26 heavy (non-hydrogen) atoms. The molecule has 0 saturated heterocycles. The smallest absolute Gasteiger partial charge is 0.257 e. The molecule has 0 saturated carbocycles. The minimum atomic E-state index is -0.196. The van der Waals surface area contributed by atoms with Crippen molar-refractivity contribution in [1.29, 1.82) is 0 Å². The largest absolute Gasteiger partial charge is 0.497 e. The van der Waals surface area contributed by atoms with E-state index in [4.69, 9.17) is 4.74 Å². The quantitative estimate of drug-likeness (QED) is 0.678. The average molecular weight is 347 g/mol. The van der Waals surface area contributed by atoms with E-state index in [1.54, 1.807) is 43.6 Å². The number of benzene rings is 2. The van der Waals surface area contributed by atoms with Gasteiger partial charge in [-0.15, -0.1) is 0 Å². The molecule has 0 aliphatic rings. The van der Waals surface area contributed by atoms with Crippen LogP contribution in [-0.2, 0) is 6.42 Å². The van der Waals surface area contributed by atoms with Crippen LogP contribution in [0, 0.1) is 0 Å². The second-order valence-electron chi connectivity index (χ2n) is 5.78. The van der Waals surface area contributed by atoms with E-state index < -0.39 is 0 Å². The number of amides is 1. The number of carbonyl (C=O) groups excluding carboxylic acids is 1. The summed E-state index contributed by atoms with van der Waals surface area (Å²) in [4.78, 5) is 16.6. The molecule has 0 spiro atoms. The summed E-state index contributed by atoms with van der Waals surface area (Å²) in [6, 6.07) is 21.0. The normalized spacial score (nSPS) is 10.2. The van der Waals surface area contributed by atoms with Gasteiger partial charge in [0.05, 0.1) is 12.7 Å². The molecular weight excluding hydrogens is 326 g/mol. The van der Waals surface area contributed by atoms with Crippen LogP contribution in [0.4, 0.5) is 11.5 Å². The van der Waals surface area contributed by atoms with Gasteiger partial charge >= 0.3 is 0 Å². The number of hydrogen-bond donors (Lipinski definition) is 2. The first kappa shape index (κ1) is 17.5. The van der Waals surface area contributed by atoms with Crippen LogP contribution in [0.25, 0.3) is 0 Å². The second-order valence-corrected chi connectivity index (χ2v) is 5.78. The van der Waals surface area contributed by atoms with Crippen LogP contribution in [0.5, 0.6) is 5.75 Å². The molecule has 0 aliphatic carbocycles. The summed E-state index contributed by atoms with van der Waals surface area (Å²) in [5.41, 5.74) is 2.49. The van der Waals surface area contributed by atoms with Gasteiger partial charge < -0.3 is 15.4 Å². The Morgan fingerprint density at radius 1 is 1.00 bits per heavy atom. The molecule has 0 unspecified atom stereocenters. The predicted octanol–water partition coefficient (Wildman–Crippen LogP) is 4.00. The van der Waals surface area contributed by atoms with Crippen molar-refractivity contribution >= 4 is 17.4 Å². The fraction of sp³-hybridized carbons (Fsp3) is 0.143. The third-order valence-corrected chi connectivity index (χ3v) is 3.94. The highest BCUT2D eigenvalue weighted by Crippen LogP contribution is 2.16. The van der Waals surface area contributed by atoms with Gasteiger partial charge in [0.2, 0.25) is 0 Å². The number of nitrogens with zero attached hydrogens (tertiary/aromatic N) is 1. The first-order chi connectivity index (χ1) is 12.7. The van der Waals surface area contributed by atoms with Crippen molar-refractivity contribution in [2.75, 3.05) is 24.3 Å². The molecule has 0 radical (unpaired) electrons. The molecular formula is C21H21N3O2. The van der Waals surface area contributed by atoms with Gasteiger partial charge in [-0.05, 0) is 48.4 Å². The van der Waals surface area contributed by atoms with E-state index >= 15 is 0 Å². The standard InChI is InChI=1S/C21H21N3O2/c1-26-19-10-8-18(9-11-19)24-21(25)17-7-12-20(23-15-17)22-14-13-16-5-3-2-4-6-16/h2-12,15H,13-14H2,1H3,(H,22,23)(H,24,25). The van der Waals surface area contributed by atoms with Gasteiger partial charge in [0, 0.05) is 18.4 Å². The fourth-order valence-corrected chi connectivity index (χ4v) is 2.49. The molecule has 1 aromatic heterocycles. The Morgan fingerprint density at radius 3 is 2.42 bits per heavy atom. The number of rotatable bonds is 7. The van der Waals surface area contributed by atoms with Crippen LogP contribution >= 0.6 is 0 Å². The maximum absolute atomic E-state index is 12.3. The molecule has 1 heterocycles. The van der Waals surface area contributed by atoms with E-state index in [2.05, 4.69) is 27.8 Å². The highest BCUT2D eigenvalue weighted by Gasteiger charge is 2.07. The monoisotopic (exact) mass is 347 g/mol. The summed E-state index contributed by atoms with van der Waals surface area (Å²) in [5, 5.41) is 6.10. The number of carbonyl (C=O) groups is 1. The van der Waals surface area contributed by atoms with Gasteiger partial charge in [-0.25, -0.2) is 4.98 Å². The van der Waals surface area contributed by atoms with Crippen molar-refractivity contribution in [1.82, 2.24) is 4.98 Å². The number of ether oxygens (including phenoxy) is 1. The van der Waals surface area contributed by atoms with Crippen LogP contribution < -0.4 is 15.4 Å². The highest BCUT2D eigenvalue weighted by molar-refractivity contribution is 6.04. The van der Waals surface area contributed by atoms with E-state index in [1.165, 1.54) is 5.56 Å². The first-order valence-corrected chi connectivity index (χ1v) is 8.44. The van der Waals surface area contributed by atoms with E-state index in [1.807, 2.05) is 24.3 Å². The van der Waals surface area contributed by atoms with E-state index in [0.717, 1.165) is 24.5 Å². The maximum atomic E-state index is 12.3. The van der Waals surface area contributed by atoms with Crippen molar-refractivity contribution < 1.29 is 9.53 Å². The molecule has 0 aliphatic heterocycles. The third kappa shape index (κ3) is 4.83. The first-order valence-electron chi connectivity index (χ1n) is 8.44. The Bertz CT molecular complexity index is 831. The van der Waals surface area contributed by atoms with Gasteiger partial charge in [0.15, 0.2) is 0 Å². The van der Waals surface area contributed by atoms with Gasteiger partial charge in [0.25, 0.3) is 5.91 Å². The Labute approximate surface area is 153 Å². The molecule has 1 amide bonds. The lowest BCUT2D eigenvalue weighted by Gasteiger charge is -2.08. The Hall–Kier alpha value is -3.34. The molecule has 132 valence electrons. The SMILES string of the molecule is COc1ccc(NC(=O)c2ccc(NCCc3ccccc3)nc2)cc1. The lowest BCUT2D eigenvalue weighted by atomic mass is 10.1. The van der Waals surface area contributed by atoms with Crippen molar-refractivity contribution in [3.05, 3.63) is 84.1 Å². The molecule has 3 aromatic rings. The Kier molecular flexibility index (Phi) is 5.83. The summed E-state index contributed by atoms with van der Waals surface area (Å²) >= 11 is 0. The zero-order chi connectivity index (χ0) is 18.2. The number of pyridine rings is 1. The van der Waals surface area contributed by atoms with Crippen molar-refractivity contribution in [3.8, 4) is 5.75 Å². The lowest BCUT2D eigenvalue weighted by molar-refractivity contribution is 0.102.